The van der Waals surface area contributed by atoms with Crippen molar-refractivity contribution in [1.29, 1.82) is 0 Å². The van der Waals surface area contributed by atoms with Crippen LogP contribution >= 0.6 is 0 Å². The molecule has 1 aromatic rings. The van der Waals surface area contributed by atoms with Crippen molar-refractivity contribution in [1.82, 2.24) is 5.32 Å². The molecule has 2 N–H and O–H groups in total. The quantitative estimate of drug-likeness (QED) is 0.815. The van der Waals surface area contributed by atoms with E-state index in [1.807, 2.05) is 30.3 Å². The van der Waals surface area contributed by atoms with Crippen molar-refractivity contribution in [2.75, 3.05) is 13.1 Å². The number of carbonyl (C=O) groups is 2. The Labute approximate surface area is 132 Å². The van der Waals surface area contributed by atoms with E-state index in [-0.39, 0.29) is 11.7 Å². The fourth-order valence-electron chi connectivity index (χ4n) is 3.11. The second-order valence-corrected chi connectivity index (χ2v) is 6.40. The number of hydrogen-bond acceptors (Lipinski definition) is 2. The lowest BCUT2D eigenvalue weighted by atomic mass is 10.0. The molecule has 0 radical (unpaired) electrons. The smallest absolute Gasteiger partial charge is 0.275 e. The fraction of sp³-hybridized carbons (Fsp3) is 0.556. The SMILES string of the molecule is CC(=O)[C@H](Cc1ccccc1)NC(=O)C[NH+]1CCCC[C@@H]1C. The summed E-state index contributed by atoms with van der Waals surface area (Å²) < 4.78 is 0. The van der Waals surface area contributed by atoms with Crippen LogP contribution in [-0.2, 0) is 16.0 Å². The number of piperidine rings is 1. The topological polar surface area (TPSA) is 50.6 Å². The van der Waals surface area contributed by atoms with E-state index in [1.165, 1.54) is 24.2 Å². The molecule has 1 fully saturated rings. The molecule has 0 bridgehead atoms. The Bertz CT molecular complexity index is 501. The van der Waals surface area contributed by atoms with Gasteiger partial charge in [-0.05, 0) is 45.1 Å². The maximum absolute atomic E-state index is 12.3. The zero-order chi connectivity index (χ0) is 15.9. The zero-order valence-electron chi connectivity index (χ0n) is 13.6. The van der Waals surface area contributed by atoms with Crippen molar-refractivity contribution < 1.29 is 14.5 Å². The average molecular weight is 303 g/mol. The zero-order valence-corrected chi connectivity index (χ0v) is 13.6. The molecular weight excluding hydrogens is 276 g/mol. The number of quaternary nitrogens is 1. The molecule has 0 aliphatic carbocycles. The second-order valence-electron chi connectivity index (χ2n) is 6.40. The van der Waals surface area contributed by atoms with Crippen LogP contribution in [-0.4, -0.2) is 36.9 Å². The van der Waals surface area contributed by atoms with Gasteiger partial charge in [0.15, 0.2) is 12.3 Å². The molecule has 0 spiro atoms. The van der Waals surface area contributed by atoms with Gasteiger partial charge in [-0.3, -0.25) is 9.59 Å². The summed E-state index contributed by atoms with van der Waals surface area (Å²) in [6, 6.07) is 9.94. The lowest BCUT2D eigenvalue weighted by Crippen LogP contribution is -3.17. The summed E-state index contributed by atoms with van der Waals surface area (Å²) in [6.07, 6.45) is 4.19. The highest BCUT2D eigenvalue weighted by molar-refractivity contribution is 5.88. The number of likely N-dealkylation sites (tertiary alicyclic amines) is 1. The molecule has 4 heteroatoms. The van der Waals surface area contributed by atoms with Gasteiger partial charge in [-0.1, -0.05) is 30.3 Å². The minimum atomic E-state index is -0.422. The molecular formula is C18H27N2O2+. The van der Waals surface area contributed by atoms with Gasteiger partial charge in [-0.2, -0.15) is 0 Å². The molecule has 1 amide bonds. The fourth-order valence-corrected chi connectivity index (χ4v) is 3.11. The summed E-state index contributed by atoms with van der Waals surface area (Å²) in [5, 5.41) is 2.92. The van der Waals surface area contributed by atoms with Crippen molar-refractivity contribution in [2.24, 2.45) is 0 Å². The van der Waals surface area contributed by atoms with Crippen LogP contribution in [0.3, 0.4) is 0 Å². The Morgan fingerprint density at radius 1 is 1.27 bits per heavy atom. The van der Waals surface area contributed by atoms with Gasteiger partial charge in [0.2, 0.25) is 0 Å². The molecule has 1 aliphatic rings. The highest BCUT2D eigenvalue weighted by Gasteiger charge is 2.26. The van der Waals surface area contributed by atoms with Crippen LogP contribution < -0.4 is 10.2 Å². The first kappa shape index (κ1) is 16.7. The molecule has 1 heterocycles. The van der Waals surface area contributed by atoms with Crippen LogP contribution in [0.5, 0.6) is 0 Å². The predicted molar refractivity (Wildman–Crippen MR) is 86.8 cm³/mol. The van der Waals surface area contributed by atoms with Crippen molar-refractivity contribution in [3.8, 4) is 0 Å². The van der Waals surface area contributed by atoms with Gasteiger partial charge in [-0.25, -0.2) is 0 Å². The molecule has 0 aromatic heterocycles. The molecule has 22 heavy (non-hydrogen) atoms. The molecule has 3 atom stereocenters. The minimum absolute atomic E-state index is 0.0129. The van der Waals surface area contributed by atoms with E-state index in [9.17, 15) is 9.59 Å². The first-order valence-corrected chi connectivity index (χ1v) is 8.24. The maximum atomic E-state index is 12.3. The molecule has 2 rings (SSSR count). The molecule has 1 saturated heterocycles. The van der Waals surface area contributed by atoms with Crippen LogP contribution in [0.15, 0.2) is 30.3 Å². The van der Waals surface area contributed by atoms with E-state index in [0.717, 1.165) is 12.1 Å². The first-order valence-electron chi connectivity index (χ1n) is 8.24. The average Bonchev–Trinajstić information content (AvgIpc) is 2.50. The van der Waals surface area contributed by atoms with Crippen molar-refractivity contribution in [3.05, 3.63) is 35.9 Å². The number of hydrogen-bond donors (Lipinski definition) is 2. The summed E-state index contributed by atoms with van der Waals surface area (Å²) in [7, 11) is 0. The summed E-state index contributed by atoms with van der Waals surface area (Å²) in [4.78, 5) is 25.4. The summed E-state index contributed by atoms with van der Waals surface area (Å²) in [6.45, 7) is 5.27. The normalized spacial score (nSPS) is 22.8. The standard InChI is InChI=1S/C18H26N2O2/c1-14-8-6-7-11-20(14)13-18(22)19-17(15(2)21)12-16-9-4-3-5-10-16/h3-5,9-10,14,17H,6-8,11-13H2,1-2H3,(H,19,22)/p+1/t14-,17-/m0/s1. The van der Waals surface area contributed by atoms with Crippen LogP contribution in [0.2, 0.25) is 0 Å². The Balaban J connectivity index is 1.90. The number of rotatable bonds is 6. The Morgan fingerprint density at radius 2 is 2.00 bits per heavy atom. The number of ketones is 1. The lowest BCUT2D eigenvalue weighted by molar-refractivity contribution is -0.921. The molecule has 1 aromatic carbocycles. The van der Waals surface area contributed by atoms with E-state index in [2.05, 4.69) is 12.2 Å². The number of amides is 1. The second kappa shape index (κ2) is 8.08. The first-order chi connectivity index (χ1) is 10.6. The summed E-state index contributed by atoms with van der Waals surface area (Å²) >= 11 is 0. The third-order valence-electron chi connectivity index (χ3n) is 4.58. The van der Waals surface area contributed by atoms with Gasteiger partial charge in [-0.15, -0.1) is 0 Å². The summed E-state index contributed by atoms with van der Waals surface area (Å²) in [5.74, 6) is -0.00113. The molecule has 0 saturated carbocycles. The highest BCUT2D eigenvalue weighted by atomic mass is 16.2. The lowest BCUT2D eigenvalue weighted by Gasteiger charge is -2.30. The van der Waals surface area contributed by atoms with Gasteiger partial charge in [0.1, 0.15) is 0 Å². The highest BCUT2D eigenvalue weighted by Crippen LogP contribution is 2.04. The Hall–Kier alpha value is -1.68. The van der Waals surface area contributed by atoms with Crippen LogP contribution in [0.4, 0.5) is 0 Å². The third-order valence-corrected chi connectivity index (χ3v) is 4.58. The number of benzene rings is 1. The van der Waals surface area contributed by atoms with E-state index >= 15 is 0 Å². The van der Waals surface area contributed by atoms with Gasteiger partial charge >= 0.3 is 0 Å². The number of Topliss-reactive ketones (excluding diaryl/α,β-unsaturated/α-hetero) is 1. The van der Waals surface area contributed by atoms with E-state index in [4.69, 9.17) is 0 Å². The number of carbonyl (C=O) groups excluding carboxylic acids is 2. The van der Waals surface area contributed by atoms with E-state index < -0.39 is 6.04 Å². The Morgan fingerprint density at radius 3 is 2.64 bits per heavy atom. The van der Waals surface area contributed by atoms with Gasteiger partial charge in [0.25, 0.3) is 5.91 Å². The van der Waals surface area contributed by atoms with Gasteiger partial charge < -0.3 is 10.2 Å². The molecule has 1 unspecified atom stereocenters. The largest absolute Gasteiger partial charge is 0.341 e. The minimum Gasteiger partial charge on any atom is -0.341 e. The monoisotopic (exact) mass is 303 g/mol. The maximum Gasteiger partial charge on any atom is 0.275 e. The Kier molecular flexibility index (Phi) is 6.13. The predicted octanol–water partition coefficient (Wildman–Crippen LogP) is 0.760. The van der Waals surface area contributed by atoms with E-state index in [0.29, 0.717) is 19.0 Å². The molecule has 1 aliphatic heterocycles. The van der Waals surface area contributed by atoms with Crippen LogP contribution in [0, 0.1) is 0 Å². The summed E-state index contributed by atoms with van der Waals surface area (Å²) in [5.41, 5.74) is 1.07. The van der Waals surface area contributed by atoms with Crippen LogP contribution in [0.1, 0.15) is 38.7 Å². The van der Waals surface area contributed by atoms with E-state index in [1.54, 1.807) is 6.92 Å². The van der Waals surface area contributed by atoms with Crippen molar-refractivity contribution in [3.63, 3.8) is 0 Å². The number of nitrogens with one attached hydrogen (secondary N) is 2. The molecule has 4 nitrogen and oxygen atoms in total. The van der Waals surface area contributed by atoms with Gasteiger partial charge in [0, 0.05) is 0 Å². The van der Waals surface area contributed by atoms with Crippen molar-refractivity contribution >= 4 is 11.7 Å². The van der Waals surface area contributed by atoms with Gasteiger partial charge in [0.05, 0.1) is 18.6 Å². The molecule has 120 valence electrons. The van der Waals surface area contributed by atoms with Crippen LogP contribution in [0.25, 0.3) is 0 Å². The third kappa shape index (κ3) is 4.95. The van der Waals surface area contributed by atoms with Crippen molar-refractivity contribution in [2.45, 2.75) is 51.6 Å².